The molecule has 0 aromatic carbocycles. The number of hydrogen-bond acceptors (Lipinski definition) is 18. The molecule has 3 aliphatic rings. The zero-order valence-corrected chi connectivity index (χ0v) is 53.4. The first-order chi connectivity index (χ1) is 42.8. The van der Waals surface area contributed by atoms with Crippen molar-refractivity contribution in [3.05, 3.63) is 85.1 Å². The van der Waals surface area contributed by atoms with Gasteiger partial charge in [-0.2, -0.15) is 0 Å². The summed E-state index contributed by atoms with van der Waals surface area (Å²) in [5.41, 5.74) is 0. The number of aliphatic hydroxyl groups is 11. The minimum atomic E-state index is -1.98. The van der Waals surface area contributed by atoms with Gasteiger partial charge in [0.05, 0.1) is 38.6 Å². The van der Waals surface area contributed by atoms with Gasteiger partial charge < -0.3 is 89.9 Å². The number of carbonyl (C=O) groups is 1. The molecule has 17 atom stereocenters. The minimum absolute atomic E-state index is 0.254. The molecule has 17 unspecified atom stereocenters. The van der Waals surface area contributed by atoms with E-state index < -0.39 is 124 Å². The highest BCUT2D eigenvalue weighted by atomic mass is 16.8. The van der Waals surface area contributed by atoms with Crippen LogP contribution in [0.25, 0.3) is 0 Å². The standard InChI is InChI=1S/C69H119NO18/c1-3-5-7-9-11-13-15-17-18-19-20-21-22-23-24-25-26-27-28-29-30-31-32-33-34-35-37-39-41-43-45-47-57(75)70-52(53(74)46-44-42-40-38-36-16-14-12-10-8-6-4-2)51-83-67-63(81)60(78)65(55(49-72)85-67)88-69-64(82)61(79)66(56(50-73)86-69)87-68-62(80)59(77)58(76)54(48-71)84-68/h5,7,11,13,17-18,20-21,23-24,26-27,29-30,52-56,58-69,71-74,76-82H,3-4,6,8-10,12,14-16,19,22,25,28,31-51H2,1-2H3,(H,70,75)/b7-5-,13-11-,18-17-,21-20-,24-23-,27-26-,30-29-. The molecule has 0 aromatic heterocycles. The van der Waals surface area contributed by atoms with Crippen LogP contribution in [0.4, 0.5) is 0 Å². The lowest BCUT2D eigenvalue weighted by Gasteiger charge is -2.48. The molecule has 3 rings (SSSR count). The highest BCUT2D eigenvalue weighted by Gasteiger charge is 2.53. The number of hydrogen-bond donors (Lipinski definition) is 12. The summed E-state index contributed by atoms with van der Waals surface area (Å²) in [6.07, 6.45) is 36.7. The van der Waals surface area contributed by atoms with Crippen LogP contribution in [0, 0.1) is 0 Å². The molecule has 19 nitrogen and oxygen atoms in total. The Balaban J connectivity index is 1.39. The third-order valence-electron chi connectivity index (χ3n) is 16.5. The van der Waals surface area contributed by atoms with Crippen molar-refractivity contribution in [2.75, 3.05) is 26.4 Å². The van der Waals surface area contributed by atoms with Gasteiger partial charge in [-0.05, 0) is 70.6 Å². The molecule has 3 heterocycles. The van der Waals surface area contributed by atoms with Gasteiger partial charge in [0, 0.05) is 6.42 Å². The highest BCUT2D eigenvalue weighted by Crippen LogP contribution is 2.33. The maximum Gasteiger partial charge on any atom is 0.220 e. The van der Waals surface area contributed by atoms with Gasteiger partial charge in [-0.3, -0.25) is 4.79 Å². The monoisotopic (exact) mass is 1250 g/mol. The summed E-state index contributed by atoms with van der Waals surface area (Å²) in [4.78, 5) is 13.4. The van der Waals surface area contributed by atoms with Crippen molar-refractivity contribution in [2.45, 2.75) is 317 Å². The first kappa shape index (κ1) is 79.2. The maximum atomic E-state index is 13.4. The molecular weight excluding hydrogens is 1130 g/mol. The first-order valence-electron chi connectivity index (χ1n) is 33.8. The van der Waals surface area contributed by atoms with Crippen molar-refractivity contribution in [2.24, 2.45) is 0 Å². The molecule has 12 N–H and O–H groups in total. The normalized spacial score (nSPS) is 28.9. The Hall–Kier alpha value is -3.03. The Kier molecular flexibility index (Phi) is 45.5. The lowest BCUT2D eigenvalue weighted by atomic mass is 9.96. The van der Waals surface area contributed by atoms with Crippen molar-refractivity contribution in [3.8, 4) is 0 Å². The molecule has 1 amide bonds. The van der Waals surface area contributed by atoms with Gasteiger partial charge >= 0.3 is 0 Å². The molecule has 0 aromatic rings. The molecule has 0 spiro atoms. The molecule has 0 aliphatic carbocycles. The van der Waals surface area contributed by atoms with Gasteiger partial charge in [-0.1, -0.05) is 221 Å². The lowest BCUT2D eigenvalue weighted by Crippen LogP contribution is -2.66. The van der Waals surface area contributed by atoms with E-state index >= 15 is 0 Å². The van der Waals surface area contributed by atoms with E-state index in [1.807, 2.05) is 0 Å². The number of allylic oxidation sites excluding steroid dienone is 14. The zero-order chi connectivity index (χ0) is 64.0. The van der Waals surface area contributed by atoms with E-state index in [4.69, 9.17) is 28.4 Å². The van der Waals surface area contributed by atoms with Crippen LogP contribution >= 0.6 is 0 Å². The molecule has 0 bridgehead atoms. The second-order valence-electron chi connectivity index (χ2n) is 23.9. The number of nitrogens with one attached hydrogen (secondary N) is 1. The van der Waals surface area contributed by atoms with Gasteiger partial charge in [-0.25, -0.2) is 0 Å². The molecule has 3 saturated heterocycles. The van der Waals surface area contributed by atoms with E-state index in [0.717, 1.165) is 103 Å². The van der Waals surface area contributed by atoms with E-state index in [-0.39, 0.29) is 18.9 Å². The molecule has 88 heavy (non-hydrogen) atoms. The van der Waals surface area contributed by atoms with Crippen LogP contribution in [0.3, 0.4) is 0 Å². The largest absolute Gasteiger partial charge is 0.394 e. The number of amides is 1. The maximum absolute atomic E-state index is 13.4. The minimum Gasteiger partial charge on any atom is -0.394 e. The summed E-state index contributed by atoms with van der Waals surface area (Å²) in [5.74, 6) is -0.254. The highest BCUT2D eigenvalue weighted by molar-refractivity contribution is 5.76. The van der Waals surface area contributed by atoms with Crippen molar-refractivity contribution in [3.63, 3.8) is 0 Å². The van der Waals surface area contributed by atoms with Crippen LogP contribution in [-0.4, -0.2) is 193 Å². The van der Waals surface area contributed by atoms with Crippen LogP contribution in [0.1, 0.15) is 213 Å². The van der Waals surface area contributed by atoms with Gasteiger partial charge in [0.15, 0.2) is 18.9 Å². The molecule has 3 aliphatic heterocycles. The second kappa shape index (κ2) is 50.5. The van der Waals surface area contributed by atoms with E-state index in [1.165, 1.54) is 77.0 Å². The number of aliphatic hydroxyl groups excluding tert-OH is 11. The Labute approximate surface area is 527 Å². The predicted molar refractivity (Wildman–Crippen MR) is 341 cm³/mol. The number of carbonyl (C=O) groups excluding carboxylic acids is 1. The average molecular weight is 1250 g/mol. The summed E-state index contributed by atoms with van der Waals surface area (Å²) in [7, 11) is 0. The van der Waals surface area contributed by atoms with E-state index in [2.05, 4.69) is 104 Å². The van der Waals surface area contributed by atoms with E-state index in [1.54, 1.807) is 0 Å². The Morgan fingerprint density at radius 2 is 0.784 bits per heavy atom. The van der Waals surface area contributed by atoms with Crippen molar-refractivity contribution in [1.29, 1.82) is 0 Å². The Morgan fingerprint density at radius 3 is 1.23 bits per heavy atom. The van der Waals surface area contributed by atoms with Crippen molar-refractivity contribution < 1.29 is 89.4 Å². The summed E-state index contributed by atoms with van der Waals surface area (Å²) < 4.78 is 34.3. The predicted octanol–water partition coefficient (Wildman–Crippen LogP) is 8.32. The fraction of sp³-hybridized carbons (Fsp3) is 0.783. The topological polar surface area (TPSA) is 307 Å². The lowest BCUT2D eigenvalue weighted by molar-refractivity contribution is -0.379. The van der Waals surface area contributed by atoms with Crippen LogP contribution in [0.2, 0.25) is 0 Å². The smallest absolute Gasteiger partial charge is 0.220 e. The first-order valence-corrected chi connectivity index (χ1v) is 33.8. The number of unbranched alkanes of at least 4 members (excludes halogenated alkanes) is 20. The van der Waals surface area contributed by atoms with Crippen LogP contribution < -0.4 is 5.32 Å². The quantitative estimate of drug-likeness (QED) is 0.0201. The third-order valence-corrected chi connectivity index (χ3v) is 16.5. The van der Waals surface area contributed by atoms with Crippen LogP contribution in [0.15, 0.2) is 85.1 Å². The van der Waals surface area contributed by atoms with Crippen LogP contribution in [-0.2, 0) is 33.2 Å². The summed E-state index contributed by atoms with van der Waals surface area (Å²) >= 11 is 0. The Morgan fingerprint density at radius 1 is 0.420 bits per heavy atom. The SMILES string of the molecule is CC/C=C\C/C=C\C/C=C\C/C=C\C/C=C\C/C=C\C/C=C\CCCCCCCCCCCC(=O)NC(COC1OC(CO)C(OC2OC(CO)C(OC3OC(CO)C(O)C(O)C3O)C(O)C2O)C(O)C1O)C(O)CCCCCCCCCCCCCC. The zero-order valence-electron chi connectivity index (χ0n) is 53.4. The fourth-order valence-corrected chi connectivity index (χ4v) is 11.0. The number of ether oxygens (including phenoxy) is 6. The fourth-order valence-electron chi connectivity index (χ4n) is 11.0. The van der Waals surface area contributed by atoms with Crippen molar-refractivity contribution >= 4 is 5.91 Å². The molecule has 0 radical (unpaired) electrons. The average Bonchev–Trinajstić information content (AvgIpc) is 1.54. The van der Waals surface area contributed by atoms with Crippen LogP contribution in [0.5, 0.6) is 0 Å². The molecule has 0 saturated carbocycles. The van der Waals surface area contributed by atoms with Gasteiger partial charge in [0.1, 0.15) is 73.2 Å². The van der Waals surface area contributed by atoms with Crippen molar-refractivity contribution in [1.82, 2.24) is 5.32 Å². The molecular formula is C69H119NO18. The number of rotatable bonds is 50. The summed E-state index contributed by atoms with van der Waals surface area (Å²) in [6, 6.07) is -0.895. The van der Waals surface area contributed by atoms with Gasteiger partial charge in [0.2, 0.25) is 5.91 Å². The second-order valence-corrected chi connectivity index (χ2v) is 23.9. The van der Waals surface area contributed by atoms with E-state index in [9.17, 15) is 61.0 Å². The van der Waals surface area contributed by atoms with Gasteiger partial charge in [-0.15, -0.1) is 0 Å². The van der Waals surface area contributed by atoms with E-state index in [0.29, 0.717) is 12.8 Å². The molecule has 3 fully saturated rings. The molecule has 508 valence electrons. The van der Waals surface area contributed by atoms with Gasteiger partial charge in [0.25, 0.3) is 0 Å². The summed E-state index contributed by atoms with van der Waals surface area (Å²) in [6.45, 7) is 1.65. The Bertz CT molecular complexity index is 1930. The molecule has 19 heteroatoms. The summed E-state index contributed by atoms with van der Waals surface area (Å²) in [5, 5.41) is 120. The third kappa shape index (κ3) is 32.5.